The maximum Gasteiger partial charge on any atom is 0.325 e. The van der Waals surface area contributed by atoms with Crippen LogP contribution in [0, 0.1) is 0 Å². The number of carbonyl (C=O) groups is 2. The fraction of sp³-hybridized carbons (Fsp3) is 0.500. The largest absolute Gasteiger partial charge is 0.489 e. The Morgan fingerprint density at radius 1 is 1.13 bits per heavy atom. The molecule has 1 aliphatic heterocycles. The van der Waals surface area contributed by atoms with Gasteiger partial charge in [-0.1, -0.05) is 48.5 Å². The summed E-state index contributed by atoms with van der Waals surface area (Å²) in [5.41, 5.74) is -0.697. The van der Waals surface area contributed by atoms with E-state index in [0.29, 0.717) is 28.6 Å². The lowest BCUT2D eigenvalue weighted by Gasteiger charge is -2.30. The van der Waals surface area contributed by atoms with Gasteiger partial charge in [-0.05, 0) is 25.0 Å². The molecule has 1 aliphatic carbocycles. The molecule has 0 aromatic heterocycles. The number of hydrogen-bond acceptors (Lipinski definition) is 3. The zero-order valence-electron chi connectivity index (χ0n) is 12.6. The Balaban J connectivity index is 1.62. The highest BCUT2D eigenvalue weighted by atomic mass is 35.5. The molecule has 7 heteroatoms. The third kappa shape index (κ3) is 3.12. The Labute approximate surface area is 144 Å². The monoisotopic (exact) mass is 356 g/mol. The van der Waals surface area contributed by atoms with E-state index in [1.165, 1.54) is 4.90 Å². The number of nitrogens with zero attached hydrogens (tertiary/aromatic N) is 1. The Hall–Kier alpha value is -1.46. The smallest absolute Gasteiger partial charge is 0.325 e. The molecular formula is C16H18Cl2N2O3. The summed E-state index contributed by atoms with van der Waals surface area (Å²) in [6.45, 7) is 0.326. The second-order valence-corrected chi connectivity index (χ2v) is 6.74. The first-order valence-electron chi connectivity index (χ1n) is 7.74. The molecule has 0 unspecified atom stereocenters. The Kier molecular flexibility index (Phi) is 4.69. The van der Waals surface area contributed by atoms with Gasteiger partial charge in [0.25, 0.3) is 5.91 Å². The summed E-state index contributed by atoms with van der Waals surface area (Å²) in [6.07, 6.45) is 4.47. The van der Waals surface area contributed by atoms with Crippen LogP contribution in [0.3, 0.4) is 0 Å². The topological polar surface area (TPSA) is 58.6 Å². The van der Waals surface area contributed by atoms with Crippen molar-refractivity contribution >= 4 is 35.1 Å². The molecule has 0 radical (unpaired) electrons. The SMILES string of the molecule is O=C1NC2(CCCCC2)C(=O)N1CCOc1c(Cl)cccc1Cl. The third-order valence-electron chi connectivity index (χ3n) is 4.43. The van der Waals surface area contributed by atoms with Crippen molar-refractivity contribution in [3.05, 3.63) is 28.2 Å². The molecule has 1 saturated carbocycles. The zero-order chi connectivity index (χ0) is 16.4. The van der Waals surface area contributed by atoms with Crippen LogP contribution in [0.5, 0.6) is 5.75 Å². The summed E-state index contributed by atoms with van der Waals surface area (Å²) in [7, 11) is 0. The van der Waals surface area contributed by atoms with Crippen molar-refractivity contribution in [1.82, 2.24) is 10.2 Å². The van der Waals surface area contributed by atoms with Crippen LogP contribution in [0.25, 0.3) is 0 Å². The van der Waals surface area contributed by atoms with Crippen molar-refractivity contribution in [3.63, 3.8) is 0 Å². The normalized spacial score (nSPS) is 20.0. The molecule has 1 saturated heterocycles. The number of carbonyl (C=O) groups excluding carboxylic acids is 2. The molecule has 124 valence electrons. The van der Waals surface area contributed by atoms with E-state index in [9.17, 15) is 9.59 Å². The van der Waals surface area contributed by atoms with Gasteiger partial charge in [0.1, 0.15) is 12.1 Å². The van der Waals surface area contributed by atoms with Crippen LogP contribution in [-0.4, -0.2) is 35.5 Å². The van der Waals surface area contributed by atoms with Gasteiger partial charge in [0, 0.05) is 0 Å². The van der Waals surface area contributed by atoms with Crippen molar-refractivity contribution < 1.29 is 14.3 Å². The summed E-state index contributed by atoms with van der Waals surface area (Å²) >= 11 is 12.1. The minimum atomic E-state index is -0.697. The number of benzene rings is 1. The molecule has 23 heavy (non-hydrogen) atoms. The standard InChI is InChI=1S/C16H18Cl2N2O3/c17-11-5-4-6-12(18)13(11)23-10-9-20-14(21)16(19-15(20)22)7-2-1-3-8-16/h4-6H,1-3,7-10H2,(H,19,22). The van der Waals surface area contributed by atoms with Crippen LogP contribution in [0.1, 0.15) is 32.1 Å². The van der Waals surface area contributed by atoms with Crippen molar-refractivity contribution in [2.24, 2.45) is 0 Å². The molecule has 2 fully saturated rings. The predicted octanol–water partition coefficient (Wildman–Crippen LogP) is 3.63. The van der Waals surface area contributed by atoms with E-state index in [-0.39, 0.29) is 25.1 Å². The highest BCUT2D eigenvalue weighted by Gasteiger charge is 2.50. The first kappa shape index (κ1) is 16.4. The van der Waals surface area contributed by atoms with Gasteiger partial charge in [0.05, 0.1) is 16.6 Å². The van der Waals surface area contributed by atoms with Crippen molar-refractivity contribution in [1.29, 1.82) is 0 Å². The molecule has 1 N–H and O–H groups in total. The summed E-state index contributed by atoms with van der Waals surface area (Å²) in [5, 5.41) is 3.67. The zero-order valence-corrected chi connectivity index (χ0v) is 14.1. The lowest BCUT2D eigenvalue weighted by Crippen LogP contribution is -2.48. The Morgan fingerprint density at radius 2 is 1.78 bits per heavy atom. The van der Waals surface area contributed by atoms with Crippen LogP contribution in [0.4, 0.5) is 4.79 Å². The van der Waals surface area contributed by atoms with E-state index in [1.54, 1.807) is 18.2 Å². The summed E-state index contributed by atoms with van der Waals surface area (Å²) in [4.78, 5) is 26.0. The van der Waals surface area contributed by atoms with Gasteiger partial charge >= 0.3 is 6.03 Å². The van der Waals surface area contributed by atoms with Gasteiger partial charge in [-0.15, -0.1) is 0 Å². The van der Waals surface area contributed by atoms with Crippen LogP contribution >= 0.6 is 23.2 Å². The van der Waals surface area contributed by atoms with E-state index in [4.69, 9.17) is 27.9 Å². The number of hydrogen-bond donors (Lipinski definition) is 1. The molecule has 5 nitrogen and oxygen atoms in total. The van der Waals surface area contributed by atoms with E-state index in [0.717, 1.165) is 19.3 Å². The Morgan fingerprint density at radius 3 is 2.43 bits per heavy atom. The lowest BCUT2D eigenvalue weighted by molar-refractivity contribution is -0.132. The maximum absolute atomic E-state index is 12.6. The molecule has 3 amide bonds. The molecule has 1 aromatic carbocycles. The van der Waals surface area contributed by atoms with Gasteiger partial charge in [-0.25, -0.2) is 4.79 Å². The van der Waals surface area contributed by atoms with Gasteiger partial charge in [-0.2, -0.15) is 0 Å². The number of ether oxygens (including phenoxy) is 1. The molecular weight excluding hydrogens is 339 g/mol. The highest BCUT2D eigenvalue weighted by Crippen LogP contribution is 2.34. The number of urea groups is 1. The number of amides is 3. The van der Waals surface area contributed by atoms with Crippen molar-refractivity contribution in [2.75, 3.05) is 13.2 Å². The molecule has 3 rings (SSSR count). The third-order valence-corrected chi connectivity index (χ3v) is 5.03. The Bertz CT molecular complexity index is 610. The average Bonchev–Trinajstić information content (AvgIpc) is 2.75. The van der Waals surface area contributed by atoms with E-state index >= 15 is 0 Å². The molecule has 1 spiro atoms. The average molecular weight is 357 g/mol. The van der Waals surface area contributed by atoms with Gasteiger partial charge < -0.3 is 10.1 Å². The van der Waals surface area contributed by atoms with Crippen LogP contribution in [0.2, 0.25) is 10.0 Å². The van der Waals surface area contributed by atoms with Gasteiger partial charge in [0.2, 0.25) is 0 Å². The van der Waals surface area contributed by atoms with Gasteiger partial charge in [-0.3, -0.25) is 9.69 Å². The lowest BCUT2D eigenvalue weighted by atomic mass is 9.82. The predicted molar refractivity (Wildman–Crippen MR) is 88.0 cm³/mol. The molecule has 1 heterocycles. The second-order valence-electron chi connectivity index (χ2n) is 5.93. The minimum Gasteiger partial charge on any atom is -0.489 e. The molecule has 1 aromatic rings. The number of imide groups is 1. The maximum atomic E-state index is 12.6. The summed E-state index contributed by atoms with van der Waals surface area (Å²) < 4.78 is 5.56. The molecule has 2 aliphatic rings. The van der Waals surface area contributed by atoms with E-state index < -0.39 is 5.54 Å². The summed E-state index contributed by atoms with van der Waals surface area (Å²) in [6, 6.07) is 4.73. The highest BCUT2D eigenvalue weighted by molar-refractivity contribution is 6.37. The fourth-order valence-corrected chi connectivity index (χ4v) is 3.74. The quantitative estimate of drug-likeness (QED) is 0.838. The van der Waals surface area contributed by atoms with E-state index in [2.05, 4.69) is 5.32 Å². The van der Waals surface area contributed by atoms with Crippen LogP contribution < -0.4 is 10.1 Å². The molecule has 0 atom stereocenters. The second kappa shape index (κ2) is 6.57. The number of para-hydroxylation sites is 1. The fourth-order valence-electron chi connectivity index (χ4n) is 3.23. The van der Waals surface area contributed by atoms with Crippen LogP contribution in [0.15, 0.2) is 18.2 Å². The number of halogens is 2. The van der Waals surface area contributed by atoms with Crippen LogP contribution in [-0.2, 0) is 4.79 Å². The van der Waals surface area contributed by atoms with E-state index in [1.807, 2.05) is 0 Å². The first-order chi connectivity index (χ1) is 11.0. The summed E-state index contributed by atoms with van der Waals surface area (Å²) in [5.74, 6) is 0.228. The first-order valence-corrected chi connectivity index (χ1v) is 8.50. The van der Waals surface area contributed by atoms with Crippen molar-refractivity contribution in [2.45, 2.75) is 37.6 Å². The van der Waals surface area contributed by atoms with Crippen molar-refractivity contribution in [3.8, 4) is 5.75 Å². The van der Waals surface area contributed by atoms with Gasteiger partial charge in [0.15, 0.2) is 5.75 Å². The number of rotatable bonds is 4. The number of nitrogens with one attached hydrogen (secondary N) is 1. The molecule has 0 bridgehead atoms. The minimum absolute atomic E-state index is 0.143.